The molecule has 3 aromatic rings. The second-order valence-electron chi connectivity index (χ2n) is 16.2. The van der Waals surface area contributed by atoms with Crippen molar-refractivity contribution in [2.45, 2.75) is 83.8 Å². The number of likely N-dealkylation sites (tertiary alicyclic amines) is 1. The summed E-state index contributed by atoms with van der Waals surface area (Å²) in [4.78, 5) is 64.2. The first-order chi connectivity index (χ1) is 27.1. The highest BCUT2D eigenvalue weighted by atomic mass is 32.1. The predicted octanol–water partition coefficient (Wildman–Crippen LogP) is 3.55. The number of aliphatic hydroxyl groups excluding tert-OH is 1. The van der Waals surface area contributed by atoms with Crippen LogP contribution in [-0.4, -0.2) is 125 Å². The van der Waals surface area contributed by atoms with Gasteiger partial charge in [-0.15, -0.1) is 11.3 Å². The van der Waals surface area contributed by atoms with Crippen LogP contribution in [0.25, 0.3) is 10.4 Å². The zero-order chi connectivity index (χ0) is 41.1. The number of aliphatic hydroxyl groups is 1. The van der Waals surface area contributed by atoms with Crippen molar-refractivity contribution in [3.63, 3.8) is 0 Å². The van der Waals surface area contributed by atoms with E-state index in [1.54, 1.807) is 44.5 Å². The quantitative estimate of drug-likeness (QED) is 0.139. The summed E-state index contributed by atoms with van der Waals surface area (Å²) >= 11 is 1.53. The van der Waals surface area contributed by atoms with Crippen LogP contribution in [0.2, 0.25) is 0 Å². The average molecular weight is 808 g/mol. The monoisotopic (exact) mass is 807 g/mol. The van der Waals surface area contributed by atoms with E-state index in [4.69, 9.17) is 15.2 Å². The molecule has 5 N–H and O–H groups in total. The maximum Gasteiger partial charge on any atom is 0.258 e. The zero-order valence-electron chi connectivity index (χ0n) is 33.3. The van der Waals surface area contributed by atoms with Gasteiger partial charge in [0, 0.05) is 63.4 Å². The van der Waals surface area contributed by atoms with E-state index in [-0.39, 0.29) is 38.3 Å². The van der Waals surface area contributed by atoms with Gasteiger partial charge in [0.1, 0.15) is 23.6 Å². The lowest BCUT2D eigenvalue weighted by molar-refractivity contribution is -0.145. The van der Waals surface area contributed by atoms with E-state index in [2.05, 4.69) is 20.5 Å². The van der Waals surface area contributed by atoms with E-state index in [0.717, 1.165) is 47.8 Å². The molecule has 1 saturated carbocycles. The second-order valence-corrected chi connectivity index (χ2v) is 17.1. The number of anilines is 1. The first-order valence-electron chi connectivity index (χ1n) is 19.5. The van der Waals surface area contributed by atoms with E-state index in [9.17, 15) is 28.7 Å². The fourth-order valence-corrected chi connectivity index (χ4v) is 8.05. The number of alkyl halides is 1. The minimum atomic E-state index is -1.97. The molecule has 1 unspecified atom stereocenters. The third-order valence-electron chi connectivity index (χ3n) is 10.9. The second kappa shape index (κ2) is 17.4. The molecule has 0 radical (unpaired) electrons. The predicted molar refractivity (Wildman–Crippen MR) is 215 cm³/mol. The van der Waals surface area contributed by atoms with Crippen LogP contribution in [0.1, 0.15) is 68.1 Å². The summed E-state index contributed by atoms with van der Waals surface area (Å²) in [5, 5.41) is 16.1. The van der Waals surface area contributed by atoms with Gasteiger partial charge in [-0.05, 0) is 61.4 Å². The molecule has 3 aliphatic rings. The molecule has 2 saturated heterocycles. The molecule has 14 nitrogen and oxygen atoms in total. The number of nitrogen functional groups attached to an aromatic ring is 1. The number of nitrogens with one attached hydrogen (secondary N) is 2. The third kappa shape index (κ3) is 9.84. The highest BCUT2D eigenvalue weighted by Crippen LogP contribution is 2.40. The number of aromatic nitrogens is 1. The number of nitrogens with two attached hydrogens (primary N) is 1. The highest BCUT2D eigenvalue weighted by molar-refractivity contribution is 7.13. The summed E-state index contributed by atoms with van der Waals surface area (Å²) in [5.74, 6) is -0.801. The lowest BCUT2D eigenvalue weighted by Crippen LogP contribution is -2.59. The Morgan fingerprint density at radius 3 is 2.47 bits per heavy atom. The largest absolute Gasteiger partial charge is 0.495 e. The van der Waals surface area contributed by atoms with Crippen molar-refractivity contribution < 1.29 is 38.1 Å². The third-order valence-corrected chi connectivity index (χ3v) is 11.9. The maximum absolute atomic E-state index is 14.6. The van der Waals surface area contributed by atoms with Crippen molar-refractivity contribution >= 4 is 40.7 Å². The van der Waals surface area contributed by atoms with Crippen molar-refractivity contribution in [1.82, 2.24) is 30.3 Å². The molecule has 308 valence electrons. The van der Waals surface area contributed by atoms with Crippen LogP contribution in [0.5, 0.6) is 11.5 Å². The van der Waals surface area contributed by atoms with Crippen molar-refractivity contribution in [2.24, 2.45) is 5.41 Å². The number of carbonyl (C=O) groups excluding carboxylic acids is 4. The topological polar surface area (TPSA) is 180 Å². The number of piperazine rings is 1. The van der Waals surface area contributed by atoms with Gasteiger partial charge >= 0.3 is 0 Å². The van der Waals surface area contributed by atoms with E-state index in [0.29, 0.717) is 42.4 Å². The average Bonchev–Trinajstić information content (AvgIpc) is 3.59. The number of rotatable bonds is 14. The Kier molecular flexibility index (Phi) is 12.7. The first kappa shape index (κ1) is 41.8. The van der Waals surface area contributed by atoms with Crippen molar-refractivity contribution in [1.29, 1.82) is 0 Å². The molecule has 2 aliphatic heterocycles. The van der Waals surface area contributed by atoms with Crippen molar-refractivity contribution in [2.75, 3.05) is 58.7 Å². The molecule has 3 fully saturated rings. The molecule has 6 rings (SSSR count). The molecular formula is C41H54FN7O7S. The minimum Gasteiger partial charge on any atom is -0.495 e. The number of nitrogens with zero attached hydrogens (tertiary/aromatic N) is 4. The van der Waals surface area contributed by atoms with Gasteiger partial charge in [-0.25, -0.2) is 9.37 Å². The number of carbonyl (C=O) groups is 4. The summed E-state index contributed by atoms with van der Waals surface area (Å²) in [6.07, 6.45) is 0.0375. The number of β-amino-alcohol motifs (C(OH)–C–C–N with tert-alkyl or cyclic N) is 1. The van der Waals surface area contributed by atoms with Gasteiger partial charge in [0.15, 0.2) is 5.67 Å². The Morgan fingerprint density at radius 2 is 1.82 bits per heavy atom. The van der Waals surface area contributed by atoms with Crippen molar-refractivity contribution in [3.05, 3.63) is 58.7 Å². The van der Waals surface area contributed by atoms with E-state index >= 15 is 0 Å². The number of hydrogen-bond donors (Lipinski definition) is 4. The Balaban J connectivity index is 1.06. The van der Waals surface area contributed by atoms with Gasteiger partial charge in [0.05, 0.1) is 41.6 Å². The molecular weight excluding hydrogens is 754 g/mol. The Hall–Kier alpha value is -4.80. The fourth-order valence-electron chi connectivity index (χ4n) is 7.24. The number of methoxy groups -OCH3 is 1. The highest BCUT2D eigenvalue weighted by Gasteiger charge is 2.53. The lowest BCUT2D eigenvalue weighted by Gasteiger charge is -2.35. The molecule has 0 bridgehead atoms. The lowest BCUT2D eigenvalue weighted by atomic mass is 9.85. The molecule has 0 spiro atoms. The van der Waals surface area contributed by atoms with Crippen LogP contribution < -0.4 is 25.8 Å². The number of thiazole rings is 1. The van der Waals surface area contributed by atoms with Crippen LogP contribution >= 0.6 is 11.3 Å². The molecule has 3 atom stereocenters. The molecule has 16 heteroatoms. The normalized spacial score (nSPS) is 19.8. The van der Waals surface area contributed by atoms with Crippen LogP contribution in [0.15, 0.2) is 41.9 Å². The summed E-state index contributed by atoms with van der Waals surface area (Å²) < 4.78 is 26.2. The van der Waals surface area contributed by atoms with Crippen LogP contribution in [0, 0.1) is 12.3 Å². The number of benzene rings is 2. The van der Waals surface area contributed by atoms with Gasteiger partial charge in [0.2, 0.25) is 11.8 Å². The number of ether oxygens (including phenoxy) is 2. The van der Waals surface area contributed by atoms with E-state index in [1.807, 2.05) is 30.0 Å². The Bertz CT molecular complexity index is 1960. The van der Waals surface area contributed by atoms with Gasteiger partial charge < -0.3 is 40.7 Å². The summed E-state index contributed by atoms with van der Waals surface area (Å²) in [6.45, 7) is 11.1. The van der Waals surface area contributed by atoms with Gasteiger partial charge in [0.25, 0.3) is 11.8 Å². The van der Waals surface area contributed by atoms with Crippen LogP contribution in [-0.2, 0) is 20.9 Å². The fraction of sp³-hybridized carbons (Fsp3) is 0.537. The standard InChI is InChI=1S/C41H54FN7O7S/c1-25-34(57-24-45-25)26-7-8-28(22-44-36(51)31-21-29(50)23-49(31)38(53)35(40(2,3)4)46-39(54)41(42)11-12-41)32(19-26)56-18-6-13-47-14-16-48(17-15-47)37(52)27-9-10-30(43)33(20-27)55-5/h7-10,19-20,24,29,31,35,50H,6,11-18,21-23,43H2,1-5H3,(H,44,51)(H,46,54)/t29-,31?,35-/m1/s1. The number of amides is 4. The minimum absolute atomic E-state index is 0.0287. The van der Waals surface area contributed by atoms with Crippen molar-refractivity contribution in [3.8, 4) is 21.9 Å². The number of hydrogen-bond acceptors (Lipinski definition) is 11. The van der Waals surface area contributed by atoms with Gasteiger partial charge in [-0.1, -0.05) is 32.9 Å². The molecule has 3 heterocycles. The van der Waals surface area contributed by atoms with Crippen LogP contribution in [0.3, 0.4) is 0 Å². The molecule has 57 heavy (non-hydrogen) atoms. The first-order valence-corrected chi connectivity index (χ1v) is 20.3. The van der Waals surface area contributed by atoms with E-state index < -0.39 is 47.0 Å². The number of aryl methyl sites for hydroxylation is 1. The zero-order valence-corrected chi connectivity index (χ0v) is 34.1. The Morgan fingerprint density at radius 1 is 1.09 bits per heavy atom. The Labute approximate surface area is 336 Å². The maximum atomic E-state index is 14.6. The summed E-state index contributed by atoms with van der Waals surface area (Å²) in [7, 11) is 1.52. The molecule has 4 amide bonds. The van der Waals surface area contributed by atoms with Gasteiger partial charge in [-0.3, -0.25) is 24.1 Å². The molecule has 2 aromatic carbocycles. The van der Waals surface area contributed by atoms with Gasteiger partial charge in [-0.2, -0.15) is 0 Å². The van der Waals surface area contributed by atoms with E-state index in [1.165, 1.54) is 23.3 Å². The SMILES string of the molecule is COc1cc(C(=O)N2CCN(CCCOc3cc(-c4scnc4C)ccc3CNC(=O)C3C[C@@H](O)CN3C(=O)[C@@H](NC(=O)C3(F)CC3)C(C)(C)C)CC2)ccc1N. The molecule has 1 aromatic heterocycles. The summed E-state index contributed by atoms with van der Waals surface area (Å²) in [5.41, 5.74) is 8.55. The number of halogens is 1. The molecule has 1 aliphatic carbocycles. The summed E-state index contributed by atoms with van der Waals surface area (Å²) in [6, 6.07) is 8.80. The van der Waals surface area contributed by atoms with Crippen LogP contribution in [0.4, 0.5) is 10.1 Å². The smallest absolute Gasteiger partial charge is 0.258 e.